The molecule has 2 heterocycles. The van der Waals surface area contributed by atoms with Gasteiger partial charge in [-0.1, -0.05) is 43.3 Å². The molecule has 0 radical (unpaired) electrons. The highest BCUT2D eigenvalue weighted by molar-refractivity contribution is 7.54. The first-order valence-corrected chi connectivity index (χ1v) is 14.5. The second-order valence-electron chi connectivity index (χ2n) is 10.3. The van der Waals surface area contributed by atoms with Gasteiger partial charge in [0.15, 0.2) is 18.0 Å². The minimum atomic E-state index is -4.44. The highest BCUT2D eigenvalue weighted by Crippen LogP contribution is 2.54. The number of carbonyl (C=O) groups is 1. The Bertz CT molecular complexity index is 1590. The predicted molar refractivity (Wildman–Crippen MR) is 144 cm³/mol. The summed E-state index contributed by atoms with van der Waals surface area (Å²) in [4.78, 5) is 38.1. The van der Waals surface area contributed by atoms with Crippen LogP contribution in [0.3, 0.4) is 0 Å². The molecule has 0 aliphatic carbocycles. The number of aromatic amines is 1. The van der Waals surface area contributed by atoms with Crippen LogP contribution >= 0.6 is 7.60 Å². The lowest BCUT2D eigenvalue weighted by Crippen LogP contribution is -2.47. The van der Waals surface area contributed by atoms with Crippen LogP contribution in [0.15, 0.2) is 64.3 Å². The first-order chi connectivity index (χ1) is 19.1. The van der Waals surface area contributed by atoms with Gasteiger partial charge in [-0.15, -0.1) is 0 Å². The number of aromatic nitrogens is 2. The zero-order valence-electron chi connectivity index (χ0n) is 22.8. The van der Waals surface area contributed by atoms with Crippen LogP contribution in [-0.4, -0.2) is 57.1 Å². The second-order valence-corrected chi connectivity index (χ2v) is 12.4. The van der Waals surface area contributed by atoms with E-state index in [1.54, 1.807) is 50.2 Å². The molecule has 1 aromatic heterocycles. The second kappa shape index (κ2) is 11.5. The quantitative estimate of drug-likeness (QED) is 0.263. The summed E-state index contributed by atoms with van der Waals surface area (Å²) in [5.74, 6) is -4.93. The van der Waals surface area contributed by atoms with E-state index in [1.807, 2.05) is 4.98 Å². The van der Waals surface area contributed by atoms with E-state index in [-0.39, 0.29) is 5.75 Å². The van der Waals surface area contributed by atoms with Crippen LogP contribution in [0.5, 0.6) is 5.75 Å². The zero-order chi connectivity index (χ0) is 30.2. The molecular formula is C27H31F2N2O9P. The van der Waals surface area contributed by atoms with Crippen molar-refractivity contribution in [2.45, 2.75) is 57.7 Å². The van der Waals surface area contributed by atoms with Gasteiger partial charge in [-0.05, 0) is 32.2 Å². The third kappa shape index (κ3) is 6.43. The molecule has 2 aromatic carbocycles. The molecule has 1 saturated heterocycles. The number of aliphatic hydroxyl groups excluding tert-OH is 1. The van der Waals surface area contributed by atoms with Crippen molar-refractivity contribution >= 4 is 24.3 Å². The monoisotopic (exact) mass is 596 g/mol. The summed E-state index contributed by atoms with van der Waals surface area (Å²) in [7, 11) is -4.44. The Morgan fingerprint density at radius 1 is 1.15 bits per heavy atom. The van der Waals surface area contributed by atoms with E-state index in [2.05, 4.69) is 0 Å². The molecule has 3 aromatic rings. The molecule has 1 aliphatic rings. The molecule has 2 N–H and O–H groups in total. The van der Waals surface area contributed by atoms with Crippen LogP contribution in [0.2, 0.25) is 0 Å². The maximum absolute atomic E-state index is 16.0. The molecule has 0 spiro atoms. The molecule has 41 heavy (non-hydrogen) atoms. The number of benzene rings is 2. The minimum Gasteiger partial charge on any atom is -0.463 e. The Labute approximate surface area is 233 Å². The topological polar surface area (TPSA) is 146 Å². The number of alkyl halides is 2. The van der Waals surface area contributed by atoms with E-state index in [0.29, 0.717) is 9.95 Å². The lowest BCUT2D eigenvalue weighted by molar-refractivity contribution is -0.203. The fourth-order valence-corrected chi connectivity index (χ4v) is 6.35. The average molecular weight is 597 g/mol. The van der Waals surface area contributed by atoms with E-state index >= 15 is 8.78 Å². The van der Waals surface area contributed by atoms with Crippen LogP contribution in [0, 0.1) is 5.92 Å². The molecular weight excluding hydrogens is 565 g/mol. The molecule has 1 unspecified atom stereocenters. The number of fused-ring (bicyclic) bond motifs is 1. The number of hydrogen-bond acceptors (Lipinski definition) is 9. The zero-order valence-corrected chi connectivity index (χ0v) is 23.7. The van der Waals surface area contributed by atoms with Crippen molar-refractivity contribution in [1.82, 2.24) is 9.55 Å². The molecule has 11 nitrogen and oxygen atoms in total. The van der Waals surface area contributed by atoms with Crippen LogP contribution < -0.4 is 15.8 Å². The summed E-state index contributed by atoms with van der Waals surface area (Å²) in [6.45, 7) is 4.21. The number of esters is 1. The van der Waals surface area contributed by atoms with E-state index in [1.165, 1.54) is 13.0 Å². The van der Waals surface area contributed by atoms with E-state index in [9.17, 15) is 24.1 Å². The van der Waals surface area contributed by atoms with Crippen molar-refractivity contribution in [1.29, 1.82) is 0 Å². The summed E-state index contributed by atoms with van der Waals surface area (Å²) in [6, 6.07) is 12.8. The maximum Gasteiger partial charge on any atom is 0.380 e. The third-order valence-corrected chi connectivity index (χ3v) is 8.53. The van der Waals surface area contributed by atoms with Gasteiger partial charge in [0.25, 0.3) is 11.4 Å². The number of halogens is 2. The molecule has 0 amide bonds. The highest BCUT2D eigenvalue weighted by Gasteiger charge is 2.65. The van der Waals surface area contributed by atoms with Gasteiger partial charge < -0.3 is 19.1 Å². The Morgan fingerprint density at radius 2 is 1.83 bits per heavy atom. The number of H-pyrrole nitrogens is 1. The summed E-state index contributed by atoms with van der Waals surface area (Å²) in [5, 5.41) is 11.9. The summed E-state index contributed by atoms with van der Waals surface area (Å²) >= 11 is 0. The molecule has 0 bridgehead atoms. The Balaban J connectivity index is 1.64. The highest BCUT2D eigenvalue weighted by atomic mass is 31.2. The molecule has 4 rings (SSSR count). The summed E-state index contributed by atoms with van der Waals surface area (Å²) < 4.78 is 67.9. The number of hydrogen-bond donors (Lipinski definition) is 2. The Morgan fingerprint density at radius 3 is 2.51 bits per heavy atom. The van der Waals surface area contributed by atoms with Crippen LogP contribution in [-0.2, 0) is 23.4 Å². The normalized spacial score (nSPS) is 26.5. The number of carbonyl (C=O) groups excluding carboxylic acids is 1. The van der Waals surface area contributed by atoms with Crippen LogP contribution in [0.25, 0.3) is 10.8 Å². The van der Waals surface area contributed by atoms with Gasteiger partial charge in [0, 0.05) is 17.6 Å². The van der Waals surface area contributed by atoms with Gasteiger partial charge in [0.2, 0.25) is 0 Å². The summed E-state index contributed by atoms with van der Waals surface area (Å²) in [6.07, 6.45) is -4.67. The first-order valence-electron chi connectivity index (χ1n) is 12.8. The number of aliphatic hydroxyl groups is 1. The van der Waals surface area contributed by atoms with Crippen molar-refractivity contribution in [3.8, 4) is 5.75 Å². The third-order valence-electron chi connectivity index (χ3n) is 6.53. The molecule has 222 valence electrons. The molecule has 0 saturated carbocycles. The van der Waals surface area contributed by atoms with E-state index in [0.717, 1.165) is 24.6 Å². The van der Waals surface area contributed by atoms with Gasteiger partial charge in [0.1, 0.15) is 12.4 Å². The lowest BCUT2D eigenvalue weighted by Gasteiger charge is -2.28. The average Bonchev–Trinajstić information content (AvgIpc) is 3.07. The van der Waals surface area contributed by atoms with Crippen LogP contribution in [0.4, 0.5) is 8.78 Å². The van der Waals surface area contributed by atoms with E-state index < -0.39 is 73.5 Å². The fraction of sp³-hybridized carbons (Fsp3) is 0.444. The molecule has 14 heteroatoms. The van der Waals surface area contributed by atoms with Crippen molar-refractivity contribution in [2.24, 2.45) is 5.92 Å². The fourth-order valence-electron chi connectivity index (χ4n) is 4.46. The maximum atomic E-state index is 16.0. The van der Waals surface area contributed by atoms with Gasteiger partial charge in [-0.25, -0.2) is 18.1 Å². The van der Waals surface area contributed by atoms with Crippen molar-refractivity contribution in [3.05, 3.63) is 75.6 Å². The van der Waals surface area contributed by atoms with Crippen molar-refractivity contribution in [3.63, 3.8) is 0 Å². The summed E-state index contributed by atoms with van der Waals surface area (Å²) in [5.41, 5.74) is -4.78. The van der Waals surface area contributed by atoms with Gasteiger partial charge in [0.05, 0.1) is 18.2 Å². The molecule has 1 aliphatic heterocycles. The van der Waals surface area contributed by atoms with Gasteiger partial charge >= 0.3 is 19.3 Å². The molecule has 6 atom stereocenters. The SMILES string of the molecule is CC(C)OC(=O)[C@H](C)CP(=O)(OC[C@@]1(F)O[C@@H](n2ccc(=O)[nH]c2=O)[C@](C)(F)[C@@H]1O)Oc1cccc2ccccc12. The number of nitrogens with one attached hydrogen (secondary N) is 1. The smallest absolute Gasteiger partial charge is 0.380 e. The number of rotatable bonds is 10. The van der Waals surface area contributed by atoms with Crippen LogP contribution in [0.1, 0.15) is 33.9 Å². The minimum absolute atomic E-state index is 0.115. The number of ether oxygens (including phenoxy) is 2. The van der Waals surface area contributed by atoms with Crippen molar-refractivity contribution < 1.29 is 41.8 Å². The largest absolute Gasteiger partial charge is 0.463 e. The first kappa shape index (κ1) is 30.6. The Hall–Kier alpha value is -3.38. The molecule has 1 fully saturated rings. The predicted octanol–water partition coefficient (Wildman–Crippen LogP) is 3.85. The number of nitrogens with zero attached hydrogens (tertiary/aromatic N) is 1. The van der Waals surface area contributed by atoms with Gasteiger partial charge in [-0.2, -0.15) is 0 Å². The van der Waals surface area contributed by atoms with Crippen molar-refractivity contribution in [2.75, 3.05) is 12.8 Å². The van der Waals surface area contributed by atoms with E-state index in [4.69, 9.17) is 18.5 Å². The van der Waals surface area contributed by atoms with Gasteiger partial charge in [-0.3, -0.25) is 23.7 Å². The standard InChI is InChI=1S/C27H31F2N2O9P/c1-16(2)38-22(33)17(3)14-41(36,40-20-11-7-9-18-8-5-6-10-19(18)20)37-15-27(29)23(34)26(4,28)24(39-27)31-13-12-21(32)30-25(31)35/h5-13,16-17,23-24,34H,14-15H2,1-4H3,(H,30,32,35)/t17-,23+,24-,26-,27-,41?/m1/s1. The lowest BCUT2D eigenvalue weighted by atomic mass is 9.97. The Kier molecular flexibility index (Phi) is 8.56.